The van der Waals surface area contributed by atoms with Gasteiger partial charge in [-0.25, -0.2) is 4.98 Å². The fourth-order valence-electron chi connectivity index (χ4n) is 1.67. The number of hydrogen-bond donors (Lipinski definition) is 1. The molecule has 0 saturated heterocycles. The van der Waals surface area contributed by atoms with Crippen molar-refractivity contribution < 1.29 is 5.11 Å². The summed E-state index contributed by atoms with van der Waals surface area (Å²) in [7, 11) is 0. The molecule has 1 aromatic heterocycles. The van der Waals surface area contributed by atoms with E-state index in [9.17, 15) is 5.11 Å². The van der Waals surface area contributed by atoms with Gasteiger partial charge in [0.15, 0.2) is 0 Å². The number of para-hydroxylation sites is 1. The van der Waals surface area contributed by atoms with Gasteiger partial charge in [0, 0.05) is 5.02 Å². The Labute approximate surface area is 107 Å². The van der Waals surface area contributed by atoms with Crippen molar-refractivity contribution in [3.63, 3.8) is 0 Å². The number of fused-ring (bicyclic) bond motifs is 1. The Morgan fingerprint density at radius 1 is 1.12 bits per heavy atom. The predicted molar refractivity (Wildman–Crippen MR) is 71.7 cm³/mol. The van der Waals surface area contributed by atoms with Crippen LogP contribution in [-0.2, 0) is 0 Å². The van der Waals surface area contributed by atoms with Crippen molar-refractivity contribution in [2.45, 2.75) is 0 Å². The molecule has 2 aromatic carbocycles. The molecule has 17 heavy (non-hydrogen) atoms. The molecule has 3 rings (SSSR count). The van der Waals surface area contributed by atoms with Gasteiger partial charge in [0.05, 0.1) is 15.8 Å². The summed E-state index contributed by atoms with van der Waals surface area (Å²) in [6, 6.07) is 13.0. The first kappa shape index (κ1) is 10.6. The van der Waals surface area contributed by atoms with Crippen molar-refractivity contribution in [2.75, 3.05) is 0 Å². The number of thiazole rings is 1. The minimum atomic E-state index is 0.163. The number of hydrogen-bond acceptors (Lipinski definition) is 3. The van der Waals surface area contributed by atoms with Crippen LogP contribution in [0.2, 0.25) is 5.02 Å². The maximum atomic E-state index is 9.85. The smallest absolute Gasteiger partial charge is 0.128 e. The van der Waals surface area contributed by atoms with E-state index in [2.05, 4.69) is 4.98 Å². The van der Waals surface area contributed by atoms with Gasteiger partial charge in [0.1, 0.15) is 10.8 Å². The molecule has 0 amide bonds. The molecule has 2 nitrogen and oxygen atoms in total. The lowest BCUT2D eigenvalue weighted by Gasteiger charge is -2.00. The van der Waals surface area contributed by atoms with Crippen molar-refractivity contribution in [3.8, 4) is 16.3 Å². The molecule has 0 atom stereocenters. The highest BCUT2D eigenvalue weighted by atomic mass is 35.5. The van der Waals surface area contributed by atoms with E-state index in [0.29, 0.717) is 5.02 Å². The third kappa shape index (κ3) is 1.88. The highest BCUT2D eigenvalue weighted by Crippen LogP contribution is 2.36. The molecule has 0 spiro atoms. The summed E-state index contributed by atoms with van der Waals surface area (Å²) >= 11 is 7.36. The van der Waals surface area contributed by atoms with Gasteiger partial charge >= 0.3 is 0 Å². The third-order valence-electron chi connectivity index (χ3n) is 2.48. The highest BCUT2D eigenvalue weighted by molar-refractivity contribution is 7.21. The zero-order chi connectivity index (χ0) is 11.8. The lowest BCUT2D eigenvalue weighted by atomic mass is 10.2. The van der Waals surface area contributed by atoms with Gasteiger partial charge in [0.25, 0.3) is 0 Å². The Balaban J connectivity index is 2.20. The molecule has 3 aromatic rings. The van der Waals surface area contributed by atoms with E-state index in [0.717, 1.165) is 20.8 Å². The van der Waals surface area contributed by atoms with E-state index >= 15 is 0 Å². The van der Waals surface area contributed by atoms with E-state index in [4.69, 9.17) is 11.6 Å². The summed E-state index contributed by atoms with van der Waals surface area (Å²) in [5.41, 5.74) is 1.66. The maximum absolute atomic E-state index is 9.85. The Kier molecular flexibility index (Phi) is 2.50. The van der Waals surface area contributed by atoms with Crippen LogP contribution < -0.4 is 0 Å². The van der Waals surface area contributed by atoms with Gasteiger partial charge in [-0.1, -0.05) is 23.7 Å². The quantitative estimate of drug-likeness (QED) is 0.708. The average molecular weight is 262 g/mol. The van der Waals surface area contributed by atoms with E-state index in [1.807, 2.05) is 24.3 Å². The molecule has 0 aliphatic carbocycles. The zero-order valence-corrected chi connectivity index (χ0v) is 10.3. The molecule has 0 unspecified atom stereocenters. The van der Waals surface area contributed by atoms with Gasteiger partial charge in [-0.2, -0.15) is 0 Å². The first-order chi connectivity index (χ1) is 8.24. The standard InChI is InChI=1S/C13H8ClNOS/c14-8-5-6-9(11(16)7-8)13-15-10-3-1-2-4-12(10)17-13/h1-7,16H. The third-order valence-corrected chi connectivity index (χ3v) is 3.79. The molecule has 0 bridgehead atoms. The van der Waals surface area contributed by atoms with Crippen LogP contribution in [0, 0.1) is 0 Å². The van der Waals surface area contributed by atoms with E-state index in [-0.39, 0.29) is 5.75 Å². The Bertz CT molecular complexity index is 660. The second-order valence-electron chi connectivity index (χ2n) is 3.65. The zero-order valence-electron chi connectivity index (χ0n) is 8.72. The normalized spacial score (nSPS) is 10.9. The summed E-state index contributed by atoms with van der Waals surface area (Å²) in [5.74, 6) is 0.163. The number of aromatic nitrogens is 1. The van der Waals surface area contributed by atoms with Crippen LogP contribution in [-0.4, -0.2) is 10.1 Å². The number of rotatable bonds is 1. The fourth-order valence-corrected chi connectivity index (χ4v) is 2.84. The van der Waals surface area contributed by atoms with Gasteiger partial charge in [0.2, 0.25) is 0 Å². The van der Waals surface area contributed by atoms with Crippen molar-refractivity contribution >= 4 is 33.2 Å². The van der Waals surface area contributed by atoms with Gasteiger partial charge in [-0.15, -0.1) is 11.3 Å². The van der Waals surface area contributed by atoms with Gasteiger partial charge in [-0.05, 0) is 30.3 Å². The molecular weight excluding hydrogens is 254 g/mol. The molecule has 0 aliphatic heterocycles. The van der Waals surface area contributed by atoms with Crippen LogP contribution in [0.25, 0.3) is 20.8 Å². The summed E-state index contributed by atoms with van der Waals surface area (Å²) in [6.45, 7) is 0. The number of halogens is 1. The van der Waals surface area contributed by atoms with Crippen molar-refractivity contribution in [2.24, 2.45) is 0 Å². The molecular formula is C13H8ClNOS. The minimum Gasteiger partial charge on any atom is -0.507 e. The molecule has 1 N–H and O–H groups in total. The Hall–Kier alpha value is -1.58. The monoisotopic (exact) mass is 261 g/mol. The van der Waals surface area contributed by atoms with Crippen LogP contribution in [0.15, 0.2) is 42.5 Å². The Morgan fingerprint density at radius 2 is 1.94 bits per heavy atom. The van der Waals surface area contributed by atoms with Crippen LogP contribution in [0.3, 0.4) is 0 Å². The number of phenolic OH excluding ortho intramolecular Hbond substituents is 1. The van der Waals surface area contributed by atoms with E-state index < -0.39 is 0 Å². The minimum absolute atomic E-state index is 0.163. The number of benzene rings is 2. The van der Waals surface area contributed by atoms with Gasteiger partial charge < -0.3 is 5.11 Å². The second kappa shape index (κ2) is 4.02. The van der Waals surface area contributed by atoms with Crippen molar-refractivity contribution in [3.05, 3.63) is 47.5 Å². The molecule has 0 saturated carbocycles. The highest BCUT2D eigenvalue weighted by Gasteiger charge is 2.10. The first-order valence-electron chi connectivity index (χ1n) is 5.08. The lowest BCUT2D eigenvalue weighted by molar-refractivity contribution is 0.477. The Morgan fingerprint density at radius 3 is 2.71 bits per heavy atom. The SMILES string of the molecule is Oc1cc(Cl)ccc1-c1nc2ccccc2s1. The molecule has 1 heterocycles. The average Bonchev–Trinajstić information content (AvgIpc) is 2.72. The number of nitrogens with zero attached hydrogens (tertiary/aromatic N) is 1. The lowest BCUT2D eigenvalue weighted by Crippen LogP contribution is -1.77. The topological polar surface area (TPSA) is 33.1 Å². The summed E-state index contributed by atoms with van der Waals surface area (Å²) in [4.78, 5) is 4.49. The molecule has 0 fully saturated rings. The fraction of sp³-hybridized carbons (Fsp3) is 0. The van der Waals surface area contributed by atoms with E-state index in [1.54, 1.807) is 23.5 Å². The summed E-state index contributed by atoms with van der Waals surface area (Å²) in [6.07, 6.45) is 0. The summed E-state index contributed by atoms with van der Waals surface area (Å²) < 4.78 is 1.11. The largest absolute Gasteiger partial charge is 0.507 e. The molecule has 0 aliphatic rings. The number of aromatic hydroxyl groups is 1. The van der Waals surface area contributed by atoms with Crippen molar-refractivity contribution in [1.29, 1.82) is 0 Å². The second-order valence-corrected chi connectivity index (χ2v) is 5.12. The van der Waals surface area contributed by atoms with Gasteiger partial charge in [-0.3, -0.25) is 0 Å². The van der Waals surface area contributed by atoms with Crippen LogP contribution in [0.1, 0.15) is 0 Å². The predicted octanol–water partition coefficient (Wildman–Crippen LogP) is 4.32. The van der Waals surface area contributed by atoms with Crippen LogP contribution in [0.5, 0.6) is 5.75 Å². The molecule has 4 heteroatoms. The van der Waals surface area contributed by atoms with Crippen LogP contribution >= 0.6 is 22.9 Å². The maximum Gasteiger partial charge on any atom is 0.128 e. The molecule has 84 valence electrons. The first-order valence-corrected chi connectivity index (χ1v) is 6.28. The van der Waals surface area contributed by atoms with E-state index in [1.165, 1.54) is 6.07 Å². The van der Waals surface area contributed by atoms with Crippen molar-refractivity contribution in [1.82, 2.24) is 4.98 Å². The summed E-state index contributed by atoms with van der Waals surface area (Å²) in [5, 5.41) is 11.2. The molecule has 0 radical (unpaired) electrons. The van der Waals surface area contributed by atoms with Crippen LogP contribution in [0.4, 0.5) is 0 Å². The number of phenols is 1.